The number of rotatable bonds is 9. The Kier molecular flexibility index (Phi) is 11.1. The van der Waals surface area contributed by atoms with Gasteiger partial charge in [-0.1, -0.05) is 54.2 Å². The van der Waals surface area contributed by atoms with Gasteiger partial charge in [0.05, 0.1) is 12.5 Å². The van der Waals surface area contributed by atoms with Crippen molar-refractivity contribution in [2.24, 2.45) is 4.40 Å². The highest BCUT2D eigenvalue weighted by molar-refractivity contribution is 8.13. The van der Waals surface area contributed by atoms with Gasteiger partial charge < -0.3 is 14.8 Å². The van der Waals surface area contributed by atoms with Gasteiger partial charge in [-0.05, 0) is 30.2 Å². The van der Waals surface area contributed by atoms with E-state index in [1.165, 1.54) is 31.2 Å². The van der Waals surface area contributed by atoms with Gasteiger partial charge in [-0.25, -0.2) is 4.79 Å². The molecule has 0 saturated heterocycles. The zero-order valence-corrected chi connectivity index (χ0v) is 21.8. The van der Waals surface area contributed by atoms with Crippen LogP contribution in [0.2, 0.25) is 0 Å². The van der Waals surface area contributed by atoms with Crippen molar-refractivity contribution in [1.29, 1.82) is 0 Å². The first-order valence-electron chi connectivity index (χ1n) is 10.9. The molecule has 206 valence electrons. The molecule has 15 heteroatoms. The van der Waals surface area contributed by atoms with Crippen LogP contribution in [0.1, 0.15) is 30.9 Å². The molecule has 0 radical (unpaired) electrons. The first-order valence-corrected chi connectivity index (χ1v) is 13.3. The zero-order valence-electron chi connectivity index (χ0n) is 20.2. The van der Waals surface area contributed by atoms with Crippen molar-refractivity contribution >= 4 is 50.6 Å². The largest absolute Gasteiger partial charge is 0.518 e. The van der Waals surface area contributed by atoms with Crippen LogP contribution in [0.5, 0.6) is 0 Å². The number of amides is 1. The number of hydrogen-bond donors (Lipinski definition) is 2. The highest BCUT2D eigenvalue weighted by Gasteiger charge is 2.46. The van der Waals surface area contributed by atoms with Gasteiger partial charge in [-0.2, -0.15) is 21.6 Å². The number of benzene rings is 2. The Hall–Kier alpha value is -3.59. The molecule has 0 heterocycles. The molecule has 1 unspecified atom stereocenters. The summed E-state index contributed by atoms with van der Waals surface area (Å²) in [4.78, 5) is 35.8. The van der Waals surface area contributed by atoms with E-state index in [1.54, 1.807) is 37.3 Å². The summed E-state index contributed by atoms with van der Waals surface area (Å²) in [5.74, 6) is -2.38. The second-order valence-corrected chi connectivity index (χ2v) is 10.2. The van der Waals surface area contributed by atoms with E-state index >= 15 is 0 Å². The summed E-state index contributed by atoms with van der Waals surface area (Å²) in [6.45, 7) is 2.83. The van der Waals surface area contributed by atoms with Crippen molar-refractivity contribution in [3.63, 3.8) is 0 Å². The Bertz CT molecular complexity index is 1250. The first-order chi connectivity index (χ1) is 17.8. The number of nitrogens with zero attached hydrogens (tertiary/aromatic N) is 1. The fraction of sp³-hybridized carbons (Fsp3) is 0.304. The molecule has 2 rings (SSSR count). The summed E-state index contributed by atoms with van der Waals surface area (Å²) < 4.78 is 74.5. The maximum Gasteiger partial charge on any atom is 0.518 e. The quantitative estimate of drug-likeness (QED) is 0.256. The predicted octanol–water partition coefficient (Wildman–Crippen LogP) is 4.16. The van der Waals surface area contributed by atoms with Crippen molar-refractivity contribution in [1.82, 2.24) is 5.32 Å². The average Bonchev–Trinajstić information content (AvgIpc) is 2.83. The summed E-state index contributed by atoms with van der Waals surface area (Å²) in [5, 5.41) is 3.93. The molecular formula is C23H24F3N3O7S2. The highest BCUT2D eigenvalue weighted by atomic mass is 32.2. The minimum Gasteiger partial charge on any atom is -0.465 e. The number of anilines is 1. The fourth-order valence-electron chi connectivity index (χ4n) is 2.78. The van der Waals surface area contributed by atoms with E-state index in [0.29, 0.717) is 11.1 Å². The molecule has 0 spiro atoms. The summed E-state index contributed by atoms with van der Waals surface area (Å²) in [5.41, 5.74) is -4.69. The van der Waals surface area contributed by atoms with Crippen LogP contribution in [0.3, 0.4) is 0 Å². The fourth-order valence-corrected chi connectivity index (χ4v) is 3.95. The van der Waals surface area contributed by atoms with Crippen LogP contribution in [0, 0.1) is 0 Å². The zero-order chi connectivity index (χ0) is 28.3. The second kappa shape index (κ2) is 13.8. The molecule has 0 aliphatic rings. The number of esters is 1. The van der Waals surface area contributed by atoms with E-state index in [2.05, 4.69) is 9.71 Å². The third kappa shape index (κ3) is 9.70. The Morgan fingerprint density at radius 3 is 2.21 bits per heavy atom. The lowest BCUT2D eigenvalue weighted by Gasteiger charge is -2.16. The first kappa shape index (κ1) is 30.6. The molecular weight excluding hydrogens is 551 g/mol. The number of halogens is 3. The topological polar surface area (TPSA) is 140 Å². The summed E-state index contributed by atoms with van der Waals surface area (Å²) in [6, 6.07) is 13.8. The molecule has 2 aromatic rings. The van der Waals surface area contributed by atoms with Gasteiger partial charge in [-0.3, -0.25) is 14.9 Å². The Labute approximate surface area is 221 Å². The molecule has 0 aliphatic heterocycles. The van der Waals surface area contributed by atoms with Gasteiger partial charge in [0.2, 0.25) is 5.96 Å². The predicted molar refractivity (Wildman–Crippen MR) is 135 cm³/mol. The van der Waals surface area contributed by atoms with Crippen molar-refractivity contribution in [2.45, 2.75) is 31.9 Å². The monoisotopic (exact) mass is 575 g/mol. The van der Waals surface area contributed by atoms with E-state index in [0.717, 1.165) is 11.8 Å². The molecule has 2 N–H and O–H groups in total. The third-order valence-corrected chi connectivity index (χ3v) is 6.45. The minimum absolute atomic E-state index is 0.0232. The van der Waals surface area contributed by atoms with Crippen LogP contribution in [-0.4, -0.2) is 49.4 Å². The highest BCUT2D eigenvalue weighted by Crippen LogP contribution is 2.26. The van der Waals surface area contributed by atoms with Gasteiger partial charge in [0.15, 0.2) is 5.12 Å². The number of sulfonamides is 1. The van der Waals surface area contributed by atoms with Gasteiger partial charge in [0, 0.05) is 18.4 Å². The van der Waals surface area contributed by atoms with Crippen molar-refractivity contribution < 1.29 is 45.4 Å². The van der Waals surface area contributed by atoms with Crippen LogP contribution in [0.4, 0.5) is 23.7 Å². The number of alkyl carbamates (subject to hydrolysis) is 1. The third-order valence-electron chi connectivity index (χ3n) is 4.54. The number of hydrogen-bond acceptors (Lipinski definition) is 8. The average molecular weight is 576 g/mol. The maximum atomic E-state index is 12.9. The van der Waals surface area contributed by atoms with Gasteiger partial charge in [0.25, 0.3) is 0 Å². The summed E-state index contributed by atoms with van der Waals surface area (Å²) in [7, 11) is -6.03. The van der Waals surface area contributed by atoms with Gasteiger partial charge in [0.1, 0.15) is 6.61 Å². The van der Waals surface area contributed by atoms with Crippen LogP contribution < -0.4 is 10.6 Å². The van der Waals surface area contributed by atoms with E-state index in [-0.39, 0.29) is 29.8 Å². The van der Waals surface area contributed by atoms with Crippen LogP contribution >= 0.6 is 11.8 Å². The normalized spacial score (nSPS) is 12.8. The van der Waals surface area contributed by atoms with Crippen LogP contribution in [0.15, 0.2) is 59.0 Å². The van der Waals surface area contributed by atoms with Crippen LogP contribution in [-0.2, 0) is 35.7 Å². The van der Waals surface area contributed by atoms with Crippen molar-refractivity contribution in [3.8, 4) is 0 Å². The van der Waals surface area contributed by atoms with Crippen molar-refractivity contribution in [3.05, 3.63) is 65.7 Å². The lowest BCUT2D eigenvalue weighted by Crippen LogP contribution is -2.38. The van der Waals surface area contributed by atoms with Crippen LogP contribution in [0.25, 0.3) is 0 Å². The number of alkyl halides is 3. The van der Waals surface area contributed by atoms with Gasteiger partial charge in [-0.15, -0.1) is 4.40 Å². The SMILES string of the molecule is CCOC(=O)C(CSC(C)=O)c1ccc(N/C(=N\S(=O)(=O)C(F)(F)F)NC(=O)OCc2ccccc2)cc1. The molecule has 0 fully saturated rings. The molecule has 10 nitrogen and oxygen atoms in total. The molecule has 0 aliphatic carbocycles. The molecule has 0 bridgehead atoms. The van der Waals surface area contributed by atoms with E-state index in [4.69, 9.17) is 9.47 Å². The Morgan fingerprint density at radius 2 is 1.66 bits per heavy atom. The summed E-state index contributed by atoms with van der Waals surface area (Å²) in [6.07, 6.45) is -1.27. The Morgan fingerprint density at radius 1 is 1.03 bits per heavy atom. The molecule has 1 atom stereocenters. The molecule has 38 heavy (non-hydrogen) atoms. The van der Waals surface area contributed by atoms with E-state index in [9.17, 15) is 36.0 Å². The maximum absolute atomic E-state index is 12.9. The molecule has 1 amide bonds. The lowest BCUT2D eigenvalue weighted by atomic mass is 10.0. The molecule has 0 aromatic heterocycles. The van der Waals surface area contributed by atoms with Gasteiger partial charge >= 0.3 is 27.6 Å². The van der Waals surface area contributed by atoms with Crippen molar-refractivity contribution in [2.75, 3.05) is 17.7 Å². The number of guanidine groups is 1. The number of nitrogens with one attached hydrogen (secondary N) is 2. The minimum atomic E-state index is -6.03. The van der Waals surface area contributed by atoms with E-state index in [1.807, 2.05) is 5.32 Å². The lowest BCUT2D eigenvalue weighted by molar-refractivity contribution is -0.144. The number of ether oxygens (including phenoxy) is 2. The van der Waals surface area contributed by atoms with E-state index < -0.39 is 39.5 Å². The number of carbonyl (C=O) groups is 3. The number of carbonyl (C=O) groups excluding carboxylic acids is 3. The molecule has 2 aromatic carbocycles. The Balaban J connectivity index is 2.25. The molecule has 0 saturated carbocycles. The number of thioether (sulfide) groups is 1. The second-order valence-electron chi connectivity index (χ2n) is 7.40. The smallest absolute Gasteiger partial charge is 0.465 e. The standard InChI is InChI=1S/C23H24F3N3O7S2/c1-3-35-20(31)19(14-37-15(2)30)17-9-11-18(12-10-17)27-21(29-38(33,34)23(24,25)26)28-22(32)36-13-16-7-5-4-6-8-16/h4-12,19H,3,13-14H2,1-2H3,(H2,27,28,29,32). The summed E-state index contributed by atoms with van der Waals surface area (Å²) >= 11 is 0.913.